The Morgan fingerprint density at radius 2 is 1.89 bits per heavy atom. The lowest BCUT2D eigenvalue weighted by molar-refractivity contribution is 0.319. The third kappa shape index (κ3) is 3.84. The van der Waals surface area contributed by atoms with Gasteiger partial charge in [0.1, 0.15) is 11.6 Å². The highest BCUT2D eigenvalue weighted by molar-refractivity contribution is 5.63. The lowest BCUT2D eigenvalue weighted by Crippen LogP contribution is -2.17. The monoisotopic (exact) mass is 379 g/mol. The minimum Gasteiger partial charge on any atom is -0.298 e. The molecule has 0 atom stereocenters. The Morgan fingerprint density at radius 3 is 2.61 bits per heavy atom. The van der Waals surface area contributed by atoms with Gasteiger partial charge in [0, 0.05) is 42.7 Å². The molecule has 2 aromatic carbocycles. The van der Waals surface area contributed by atoms with Crippen molar-refractivity contribution in [3.8, 4) is 16.9 Å². The molecule has 7 heteroatoms. The molecule has 0 fully saturated rings. The molecule has 0 unspecified atom stereocenters. The topological polar surface area (TPSA) is 49.7 Å². The summed E-state index contributed by atoms with van der Waals surface area (Å²) in [7, 11) is 1.99. The van der Waals surface area contributed by atoms with E-state index in [1.807, 2.05) is 36.1 Å². The number of hydrogen-bond acceptors (Lipinski definition) is 3. The number of nitrogens with one attached hydrogen (secondary N) is 1. The Morgan fingerprint density at radius 1 is 1.07 bits per heavy atom. The first-order valence-corrected chi connectivity index (χ1v) is 8.85. The molecule has 0 aliphatic heterocycles. The van der Waals surface area contributed by atoms with Crippen LogP contribution < -0.4 is 0 Å². The molecule has 0 aliphatic carbocycles. The van der Waals surface area contributed by atoms with Crippen LogP contribution in [0.25, 0.3) is 16.9 Å². The molecule has 4 rings (SSSR count). The summed E-state index contributed by atoms with van der Waals surface area (Å²) in [4.78, 5) is 2.11. The van der Waals surface area contributed by atoms with Crippen LogP contribution >= 0.6 is 0 Å². The number of halogens is 2. The predicted molar refractivity (Wildman–Crippen MR) is 103 cm³/mol. The van der Waals surface area contributed by atoms with E-state index in [0.29, 0.717) is 17.8 Å². The third-order valence-corrected chi connectivity index (χ3v) is 4.52. The van der Waals surface area contributed by atoms with Gasteiger partial charge >= 0.3 is 0 Å². The fraction of sp³-hybridized carbons (Fsp3) is 0.143. The predicted octanol–water partition coefficient (Wildman–Crippen LogP) is 4.17. The summed E-state index contributed by atoms with van der Waals surface area (Å²) in [5.41, 5.74) is 3.88. The first-order valence-electron chi connectivity index (χ1n) is 8.85. The lowest BCUT2D eigenvalue weighted by Gasteiger charge is -2.17. The van der Waals surface area contributed by atoms with Gasteiger partial charge in [-0.1, -0.05) is 12.1 Å². The number of aromatic amines is 1. The molecule has 0 saturated carbocycles. The lowest BCUT2D eigenvalue weighted by atomic mass is 10.1. The first kappa shape index (κ1) is 18.1. The van der Waals surface area contributed by atoms with E-state index in [1.165, 1.54) is 12.1 Å². The maximum atomic E-state index is 14.1. The molecule has 5 nitrogen and oxygen atoms in total. The Labute approximate surface area is 161 Å². The first-order chi connectivity index (χ1) is 13.6. The van der Waals surface area contributed by atoms with E-state index in [0.717, 1.165) is 29.4 Å². The molecule has 2 heterocycles. The summed E-state index contributed by atoms with van der Waals surface area (Å²) in [5, 5.41) is 11.1. The molecule has 2 aromatic heterocycles. The summed E-state index contributed by atoms with van der Waals surface area (Å²) in [6.07, 6.45) is 5.32. The molecule has 0 aliphatic rings. The zero-order valence-electron chi connectivity index (χ0n) is 15.3. The number of rotatable bonds is 6. The van der Waals surface area contributed by atoms with E-state index in [2.05, 4.69) is 32.3 Å². The highest BCUT2D eigenvalue weighted by Crippen LogP contribution is 2.26. The Kier molecular flexibility index (Phi) is 4.99. The van der Waals surface area contributed by atoms with Crippen LogP contribution in [0.15, 0.2) is 67.1 Å². The third-order valence-electron chi connectivity index (χ3n) is 4.52. The van der Waals surface area contributed by atoms with Gasteiger partial charge in [-0.25, -0.2) is 13.5 Å². The van der Waals surface area contributed by atoms with E-state index in [9.17, 15) is 8.78 Å². The summed E-state index contributed by atoms with van der Waals surface area (Å²) in [5.74, 6) is -1.21. The molecule has 4 aromatic rings. The average Bonchev–Trinajstić information content (AvgIpc) is 3.35. The molecule has 0 saturated heterocycles. The van der Waals surface area contributed by atoms with Crippen molar-refractivity contribution in [2.24, 2.45) is 0 Å². The van der Waals surface area contributed by atoms with Gasteiger partial charge < -0.3 is 0 Å². The summed E-state index contributed by atoms with van der Waals surface area (Å²) < 4.78 is 29.1. The van der Waals surface area contributed by atoms with Crippen molar-refractivity contribution in [1.82, 2.24) is 24.9 Å². The smallest absolute Gasteiger partial charge is 0.135 e. The molecular weight excluding hydrogens is 360 g/mol. The van der Waals surface area contributed by atoms with Gasteiger partial charge in [-0.3, -0.25) is 10.00 Å². The van der Waals surface area contributed by atoms with Gasteiger partial charge in [-0.05, 0) is 42.9 Å². The zero-order chi connectivity index (χ0) is 19.5. The highest BCUT2D eigenvalue weighted by Gasteiger charge is 2.14. The van der Waals surface area contributed by atoms with E-state index >= 15 is 0 Å². The van der Waals surface area contributed by atoms with Crippen molar-refractivity contribution >= 4 is 0 Å². The number of benzene rings is 2. The maximum Gasteiger partial charge on any atom is 0.135 e. The van der Waals surface area contributed by atoms with E-state index in [1.54, 1.807) is 12.4 Å². The molecular formula is C21H19F2N5. The van der Waals surface area contributed by atoms with Gasteiger partial charge in [0.25, 0.3) is 0 Å². The maximum absolute atomic E-state index is 14.1. The van der Waals surface area contributed by atoms with Crippen LogP contribution in [0.4, 0.5) is 8.78 Å². The van der Waals surface area contributed by atoms with Crippen LogP contribution in [0.2, 0.25) is 0 Å². The van der Waals surface area contributed by atoms with Gasteiger partial charge in [0.2, 0.25) is 0 Å². The van der Waals surface area contributed by atoms with Gasteiger partial charge in [0.05, 0.1) is 17.6 Å². The highest BCUT2D eigenvalue weighted by atomic mass is 19.1. The van der Waals surface area contributed by atoms with Crippen LogP contribution in [0.1, 0.15) is 11.1 Å². The van der Waals surface area contributed by atoms with Crippen LogP contribution in [-0.2, 0) is 13.1 Å². The molecule has 0 bridgehead atoms. The second-order valence-corrected chi connectivity index (χ2v) is 6.68. The van der Waals surface area contributed by atoms with Crippen LogP contribution in [0.5, 0.6) is 0 Å². The summed E-state index contributed by atoms with van der Waals surface area (Å²) >= 11 is 0. The van der Waals surface area contributed by atoms with Crippen molar-refractivity contribution in [3.05, 3.63) is 89.9 Å². The average molecular weight is 379 g/mol. The Hall–Kier alpha value is -3.32. The van der Waals surface area contributed by atoms with E-state index in [-0.39, 0.29) is 0 Å². The second kappa shape index (κ2) is 7.74. The largest absolute Gasteiger partial charge is 0.298 e. The van der Waals surface area contributed by atoms with Crippen LogP contribution in [0, 0.1) is 11.6 Å². The van der Waals surface area contributed by atoms with E-state index < -0.39 is 11.6 Å². The van der Waals surface area contributed by atoms with E-state index in [4.69, 9.17) is 0 Å². The van der Waals surface area contributed by atoms with Crippen molar-refractivity contribution in [2.75, 3.05) is 7.05 Å². The molecule has 28 heavy (non-hydrogen) atoms. The van der Waals surface area contributed by atoms with Gasteiger partial charge in [0.15, 0.2) is 0 Å². The standard InChI is InChI=1S/C21H19F2N5/c1-27(13-15-3-6-18(7-4-15)28-10-2-9-25-28)14-16-12-24-26-21(16)19-8-5-17(22)11-20(19)23/h2-12H,13-14H2,1H3,(H,24,26). The molecule has 1 N–H and O–H groups in total. The number of H-pyrrole nitrogens is 1. The quantitative estimate of drug-likeness (QED) is 0.547. The Balaban J connectivity index is 1.46. The van der Waals surface area contributed by atoms with Gasteiger partial charge in [-0.15, -0.1) is 0 Å². The van der Waals surface area contributed by atoms with Crippen LogP contribution in [0.3, 0.4) is 0 Å². The normalized spacial score (nSPS) is 11.3. The zero-order valence-corrected chi connectivity index (χ0v) is 15.3. The SMILES string of the molecule is CN(Cc1ccc(-n2cccn2)cc1)Cc1cn[nH]c1-c1ccc(F)cc1F. The summed E-state index contributed by atoms with van der Waals surface area (Å²) in [6.45, 7) is 1.29. The molecule has 0 amide bonds. The minimum absolute atomic E-state index is 0.311. The van der Waals surface area contributed by atoms with Crippen molar-refractivity contribution in [2.45, 2.75) is 13.1 Å². The molecule has 0 spiro atoms. The summed E-state index contributed by atoms with van der Waals surface area (Å²) in [6, 6.07) is 13.6. The number of hydrogen-bond donors (Lipinski definition) is 1. The fourth-order valence-corrected chi connectivity index (χ4v) is 3.19. The van der Waals surface area contributed by atoms with Crippen LogP contribution in [-0.4, -0.2) is 31.9 Å². The second-order valence-electron chi connectivity index (χ2n) is 6.68. The van der Waals surface area contributed by atoms with Crippen molar-refractivity contribution in [1.29, 1.82) is 0 Å². The van der Waals surface area contributed by atoms with Gasteiger partial charge in [-0.2, -0.15) is 10.2 Å². The molecule has 142 valence electrons. The van der Waals surface area contributed by atoms with Crippen molar-refractivity contribution in [3.63, 3.8) is 0 Å². The Bertz CT molecular complexity index is 1050. The fourth-order valence-electron chi connectivity index (χ4n) is 3.19. The van der Waals surface area contributed by atoms with Crippen molar-refractivity contribution < 1.29 is 8.78 Å². The minimum atomic E-state index is -0.609. The molecule has 0 radical (unpaired) electrons. The number of aromatic nitrogens is 4. The number of nitrogens with zero attached hydrogens (tertiary/aromatic N) is 4.